The second-order valence-corrected chi connectivity index (χ2v) is 7.66. The van der Waals surface area contributed by atoms with E-state index in [1.165, 1.54) is 6.33 Å². The van der Waals surface area contributed by atoms with Gasteiger partial charge < -0.3 is 5.73 Å². The van der Waals surface area contributed by atoms with Crippen LogP contribution in [0, 0.1) is 20.8 Å². The van der Waals surface area contributed by atoms with Crippen LogP contribution in [0.4, 0.5) is 5.82 Å². The Morgan fingerprint density at radius 1 is 0.968 bits per heavy atom. The van der Waals surface area contributed by atoms with Crippen molar-refractivity contribution >= 4 is 27.6 Å². The number of fused-ring (bicyclic) bond motifs is 2. The number of pyridine rings is 2. The van der Waals surface area contributed by atoms with Gasteiger partial charge in [0, 0.05) is 6.20 Å². The van der Waals surface area contributed by atoms with Crippen molar-refractivity contribution in [1.82, 2.24) is 29.3 Å². The van der Waals surface area contributed by atoms with Crippen molar-refractivity contribution < 1.29 is 0 Å². The normalized spacial score (nSPS) is 11.5. The SMILES string of the molecule is Cc1cccnc1-n1c(Cn2nc(C)c3c(N)ncnc32)cc2cccc(C)c2c1=O. The van der Waals surface area contributed by atoms with Crippen molar-refractivity contribution in [2.24, 2.45) is 0 Å². The van der Waals surface area contributed by atoms with E-state index >= 15 is 0 Å². The lowest BCUT2D eigenvalue weighted by atomic mass is 10.1. The molecule has 0 amide bonds. The van der Waals surface area contributed by atoms with Crippen LogP contribution in [-0.4, -0.2) is 29.3 Å². The molecule has 8 heteroatoms. The fourth-order valence-corrected chi connectivity index (χ4v) is 4.12. The number of rotatable bonds is 3. The second-order valence-electron chi connectivity index (χ2n) is 7.66. The van der Waals surface area contributed by atoms with Gasteiger partial charge in [-0.15, -0.1) is 0 Å². The Morgan fingerprint density at radius 3 is 2.58 bits per heavy atom. The first-order valence-electron chi connectivity index (χ1n) is 9.95. The average molecular weight is 411 g/mol. The highest BCUT2D eigenvalue weighted by Gasteiger charge is 2.18. The van der Waals surface area contributed by atoms with Gasteiger partial charge in [-0.2, -0.15) is 5.10 Å². The van der Waals surface area contributed by atoms with E-state index in [0.717, 1.165) is 33.3 Å². The fraction of sp³-hybridized carbons (Fsp3) is 0.174. The third kappa shape index (κ3) is 2.95. The number of benzene rings is 1. The van der Waals surface area contributed by atoms with E-state index in [9.17, 15) is 4.79 Å². The molecule has 0 unspecified atom stereocenters. The summed E-state index contributed by atoms with van der Waals surface area (Å²) < 4.78 is 3.44. The number of nitrogens with zero attached hydrogens (tertiary/aromatic N) is 6. The van der Waals surface area contributed by atoms with Crippen LogP contribution in [0.1, 0.15) is 22.5 Å². The summed E-state index contributed by atoms with van der Waals surface area (Å²) in [5.74, 6) is 0.996. The zero-order chi connectivity index (χ0) is 21.7. The molecule has 31 heavy (non-hydrogen) atoms. The Labute approximate surface area is 178 Å². The van der Waals surface area contributed by atoms with Gasteiger partial charge in [0.05, 0.1) is 28.7 Å². The summed E-state index contributed by atoms with van der Waals surface area (Å²) in [6, 6.07) is 11.7. The average Bonchev–Trinajstić information content (AvgIpc) is 3.05. The molecule has 0 bridgehead atoms. The molecule has 0 aliphatic carbocycles. The highest BCUT2D eigenvalue weighted by atomic mass is 16.1. The lowest BCUT2D eigenvalue weighted by molar-refractivity contribution is 0.660. The maximum Gasteiger partial charge on any atom is 0.264 e. The molecule has 0 radical (unpaired) electrons. The quantitative estimate of drug-likeness (QED) is 0.489. The first kappa shape index (κ1) is 18.9. The molecule has 8 nitrogen and oxygen atoms in total. The Kier molecular flexibility index (Phi) is 4.28. The second kappa shape index (κ2) is 7.02. The van der Waals surface area contributed by atoms with E-state index in [0.29, 0.717) is 29.2 Å². The highest BCUT2D eigenvalue weighted by Crippen LogP contribution is 2.24. The third-order valence-electron chi connectivity index (χ3n) is 5.57. The van der Waals surface area contributed by atoms with Gasteiger partial charge in [-0.05, 0) is 49.4 Å². The summed E-state index contributed by atoms with van der Waals surface area (Å²) in [7, 11) is 0. The first-order valence-corrected chi connectivity index (χ1v) is 9.95. The fourth-order valence-electron chi connectivity index (χ4n) is 4.12. The predicted octanol–water partition coefficient (Wildman–Crippen LogP) is 3.08. The van der Waals surface area contributed by atoms with Gasteiger partial charge in [0.15, 0.2) is 5.65 Å². The molecule has 0 saturated heterocycles. The standard InChI is InChI=1S/C23H21N7O/c1-13-6-4-8-16-10-17(11-29-22-19(15(3)28-29)20(24)26-12-27-22)30(23(31)18(13)16)21-14(2)7-5-9-25-21/h4-10,12H,11H2,1-3H3,(H2,24,26,27). The molecule has 0 spiro atoms. The lowest BCUT2D eigenvalue weighted by Gasteiger charge is -2.16. The monoisotopic (exact) mass is 411 g/mol. The summed E-state index contributed by atoms with van der Waals surface area (Å²) in [5.41, 5.74) is 9.91. The largest absolute Gasteiger partial charge is 0.383 e. The number of hydrogen-bond acceptors (Lipinski definition) is 6. The summed E-state index contributed by atoms with van der Waals surface area (Å²) in [4.78, 5) is 26.7. The van der Waals surface area contributed by atoms with Crippen LogP contribution in [0.2, 0.25) is 0 Å². The van der Waals surface area contributed by atoms with E-state index in [1.807, 2.05) is 57.2 Å². The number of anilines is 1. The Bertz CT molecular complexity index is 1530. The molecule has 4 heterocycles. The molecule has 1 aromatic carbocycles. The molecule has 2 N–H and O–H groups in total. The Hall–Kier alpha value is -4.07. The van der Waals surface area contributed by atoms with Crippen molar-refractivity contribution in [2.45, 2.75) is 27.3 Å². The molecule has 5 rings (SSSR count). The van der Waals surface area contributed by atoms with Crippen molar-refractivity contribution in [2.75, 3.05) is 5.73 Å². The zero-order valence-electron chi connectivity index (χ0n) is 17.5. The smallest absolute Gasteiger partial charge is 0.264 e. The summed E-state index contributed by atoms with van der Waals surface area (Å²) in [6.45, 7) is 6.10. The maximum absolute atomic E-state index is 13.7. The van der Waals surface area contributed by atoms with E-state index in [2.05, 4.69) is 20.1 Å². The van der Waals surface area contributed by atoms with Crippen LogP contribution in [0.15, 0.2) is 53.7 Å². The number of nitrogens with two attached hydrogens (primary N) is 1. The Morgan fingerprint density at radius 2 is 1.77 bits per heavy atom. The molecule has 0 fully saturated rings. The Balaban J connectivity index is 1.82. The van der Waals surface area contributed by atoms with Crippen LogP contribution in [0.3, 0.4) is 0 Å². The number of aromatic nitrogens is 6. The van der Waals surface area contributed by atoms with Gasteiger partial charge in [-0.3, -0.25) is 9.36 Å². The summed E-state index contributed by atoms with van der Waals surface area (Å²) in [6.07, 6.45) is 3.12. The van der Waals surface area contributed by atoms with Crippen molar-refractivity contribution in [1.29, 1.82) is 0 Å². The molecule has 5 aromatic rings. The molecule has 0 saturated carbocycles. The van der Waals surface area contributed by atoms with Gasteiger partial charge >= 0.3 is 0 Å². The summed E-state index contributed by atoms with van der Waals surface area (Å²) >= 11 is 0. The predicted molar refractivity (Wildman–Crippen MR) is 120 cm³/mol. The van der Waals surface area contributed by atoms with Gasteiger partial charge in [-0.25, -0.2) is 19.6 Å². The molecule has 0 atom stereocenters. The summed E-state index contributed by atoms with van der Waals surface area (Å²) in [5, 5.41) is 6.92. The van der Waals surface area contributed by atoms with Gasteiger partial charge in [0.2, 0.25) is 0 Å². The minimum atomic E-state index is -0.102. The number of nitrogen functional groups attached to an aromatic ring is 1. The number of hydrogen-bond donors (Lipinski definition) is 1. The minimum Gasteiger partial charge on any atom is -0.383 e. The van der Waals surface area contributed by atoms with Crippen molar-refractivity contribution in [3.63, 3.8) is 0 Å². The van der Waals surface area contributed by atoms with Crippen molar-refractivity contribution in [3.8, 4) is 5.82 Å². The van der Waals surface area contributed by atoms with E-state index in [4.69, 9.17) is 5.73 Å². The van der Waals surface area contributed by atoms with Gasteiger partial charge in [-0.1, -0.05) is 24.3 Å². The lowest BCUT2D eigenvalue weighted by Crippen LogP contribution is -2.26. The molecule has 154 valence electrons. The minimum absolute atomic E-state index is 0.102. The molecule has 0 aliphatic rings. The van der Waals surface area contributed by atoms with Gasteiger partial charge in [0.1, 0.15) is 18.0 Å². The molecular formula is C23H21N7O. The highest BCUT2D eigenvalue weighted by molar-refractivity contribution is 5.88. The van der Waals surface area contributed by atoms with Crippen LogP contribution >= 0.6 is 0 Å². The van der Waals surface area contributed by atoms with E-state index < -0.39 is 0 Å². The van der Waals surface area contributed by atoms with Crippen LogP contribution in [-0.2, 0) is 6.54 Å². The van der Waals surface area contributed by atoms with Gasteiger partial charge in [0.25, 0.3) is 5.56 Å². The molecular weight excluding hydrogens is 390 g/mol. The molecule has 4 aromatic heterocycles. The maximum atomic E-state index is 13.7. The van der Waals surface area contributed by atoms with Crippen LogP contribution in [0.5, 0.6) is 0 Å². The zero-order valence-corrected chi connectivity index (χ0v) is 17.5. The van der Waals surface area contributed by atoms with Crippen LogP contribution in [0.25, 0.3) is 27.6 Å². The van der Waals surface area contributed by atoms with Crippen molar-refractivity contribution in [3.05, 3.63) is 81.8 Å². The topological polar surface area (TPSA) is 105 Å². The van der Waals surface area contributed by atoms with E-state index in [1.54, 1.807) is 15.4 Å². The first-order chi connectivity index (χ1) is 15.0. The van der Waals surface area contributed by atoms with E-state index in [-0.39, 0.29) is 5.56 Å². The number of aryl methyl sites for hydroxylation is 3. The van der Waals surface area contributed by atoms with Crippen LogP contribution < -0.4 is 11.3 Å². The third-order valence-corrected chi connectivity index (χ3v) is 5.57. The molecule has 0 aliphatic heterocycles.